The molecule has 0 radical (unpaired) electrons. The van der Waals surface area contributed by atoms with Gasteiger partial charge in [-0.1, -0.05) is 35.5 Å². The summed E-state index contributed by atoms with van der Waals surface area (Å²) in [6, 6.07) is 0. The topological polar surface area (TPSA) is 60.7 Å². The lowest BCUT2D eigenvalue weighted by Gasteiger charge is -2.40. The summed E-state index contributed by atoms with van der Waals surface area (Å²) in [5.41, 5.74) is 3.10. The molecular formula is C23H36O3. The molecule has 3 heteroatoms. The van der Waals surface area contributed by atoms with E-state index in [1.54, 1.807) is 5.57 Å². The maximum absolute atomic E-state index is 10.0. The second kappa shape index (κ2) is 8.86. The van der Waals surface area contributed by atoms with Crippen molar-refractivity contribution in [3.05, 3.63) is 35.5 Å². The number of hydrogen-bond acceptors (Lipinski definition) is 3. The van der Waals surface area contributed by atoms with Gasteiger partial charge in [-0.3, -0.25) is 0 Å². The highest BCUT2D eigenvalue weighted by Gasteiger charge is 2.35. The van der Waals surface area contributed by atoms with E-state index in [0.29, 0.717) is 36.0 Å². The largest absolute Gasteiger partial charge is 0.389 e. The van der Waals surface area contributed by atoms with Crippen molar-refractivity contribution < 1.29 is 15.3 Å². The standard InChI is InChI=1S/C23H36O3/c1-15-4-3-5-17(12-15)21-9-6-18(13-16(21)2)22-10-8-20(24)14-19(22)7-11-23(25)26/h8,10,12-13,17-26H,3-7,9,11,14H2,1-2H3. The fourth-order valence-corrected chi connectivity index (χ4v) is 5.59. The third-order valence-corrected chi connectivity index (χ3v) is 6.93. The van der Waals surface area contributed by atoms with Gasteiger partial charge in [-0.25, -0.2) is 0 Å². The minimum atomic E-state index is -1.24. The van der Waals surface area contributed by atoms with Crippen LogP contribution in [0.1, 0.15) is 65.2 Å². The fraction of sp³-hybridized carbons (Fsp3) is 0.739. The summed E-state index contributed by atoms with van der Waals surface area (Å²) in [6.45, 7) is 4.58. The van der Waals surface area contributed by atoms with E-state index in [1.807, 2.05) is 6.08 Å². The lowest BCUT2D eigenvalue weighted by Crippen LogP contribution is -2.32. The van der Waals surface area contributed by atoms with Crippen LogP contribution in [0.4, 0.5) is 0 Å². The SMILES string of the molecule is CC1=CC(C2CCC(C3C=CC(O)CC3CCC(O)O)C=C2C)CCC1. The average Bonchev–Trinajstić information content (AvgIpc) is 2.60. The molecular weight excluding hydrogens is 324 g/mol. The first-order valence-corrected chi connectivity index (χ1v) is 10.5. The fourth-order valence-electron chi connectivity index (χ4n) is 5.59. The molecule has 0 aliphatic heterocycles. The van der Waals surface area contributed by atoms with E-state index in [0.717, 1.165) is 12.8 Å². The molecule has 0 spiro atoms. The number of aliphatic hydroxyl groups excluding tert-OH is 2. The lowest BCUT2D eigenvalue weighted by atomic mass is 9.66. The quantitative estimate of drug-likeness (QED) is 0.504. The summed E-state index contributed by atoms with van der Waals surface area (Å²) in [6.07, 6.45) is 15.8. The Bertz CT molecular complexity index is 560. The molecule has 3 N–H and O–H groups in total. The van der Waals surface area contributed by atoms with Crippen LogP contribution in [0.25, 0.3) is 0 Å². The zero-order valence-electron chi connectivity index (χ0n) is 16.3. The van der Waals surface area contributed by atoms with Crippen LogP contribution < -0.4 is 0 Å². The van der Waals surface area contributed by atoms with Crippen LogP contribution in [0.15, 0.2) is 35.5 Å². The van der Waals surface area contributed by atoms with E-state index in [9.17, 15) is 15.3 Å². The summed E-state index contributed by atoms with van der Waals surface area (Å²) in [4.78, 5) is 0. The average molecular weight is 361 g/mol. The van der Waals surface area contributed by atoms with Crippen molar-refractivity contribution in [1.29, 1.82) is 0 Å². The second-order valence-corrected chi connectivity index (χ2v) is 8.91. The summed E-state index contributed by atoms with van der Waals surface area (Å²) in [7, 11) is 0. The Morgan fingerprint density at radius 3 is 2.54 bits per heavy atom. The third kappa shape index (κ3) is 4.88. The van der Waals surface area contributed by atoms with Gasteiger partial charge in [-0.2, -0.15) is 0 Å². The number of aliphatic hydroxyl groups is 3. The monoisotopic (exact) mass is 360 g/mol. The van der Waals surface area contributed by atoms with E-state index in [-0.39, 0.29) is 6.10 Å². The molecule has 0 bridgehead atoms. The Morgan fingerprint density at radius 2 is 1.85 bits per heavy atom. The zero-order valence-corrected chi connectivity index (χ0v) is 16.3. The van der Waals surface area contributed by atoms with Crippen LogP contribution >= 0.6 is 0 Å². The summed E-state index contributed by atoms with van der Waals surface area (Å²) >= 11 is 0. The zero-order chi connectivity index (χ0) is 18.7. The Hall–Kier alpha value is -0.900. The van der Waals surface area contributed by atoms with Crippen LogP contribution in [-0.2, 0) is 0 Å². The molecule has 0 aromatic heterocycles. The van der Waals surface area contributed by atoms with Crippen molar-refractivity contribution in [3.8, 4) is 0 Å². The Morgan fingerprint density at radius 1 is 1.04 bits per heavy atom. The van der Waals surface area contributed by atoms with Gasteiger partial charge in [-0.15, -0.1) is 0 Å². The molecule has 0 amide bonds. The highest BCUT2D eigenvalue weighted by atomic mass is 16.5. The molecule has 0 aromatic carbocycles. The molecule has 146 valence electrons. The van der Waals surface area contributed by atoms with E-state index in [1.165, 1.54) is 37.7 Å². The molecule has 3 aliphatic rings. The minimum absolute atomic E-state index is 0.333. The van der Waals surface area contributed by atoms with Gasteiger partial charge in [0.05, 0.1) is 6.10 Å². The van der Waals surface area contributed by atoms with Crippen LogP contribution in [0.2, 0.25) is 0 Å². The van der Waals surface area contributed by atoms with Crippen LogP contribution in [0, 0.1) is 29.6 Å². The Kier molecular flexibility index (Phi) is 6.76. The third-order valence-electron chi connectivity index (χ3n) is 6.93. The molecule has 6 atom stereocenters. The molecule has 0 aromatic rings. The summed E-state index contributed by atoms with van der Waals surface area (Å²) in [5.74, 6) is 2.67. The number of allylic oxidation sites excluding steroid dienone is 5. The van der Waals surface area contributed by atoms with Crippen molar-refractivity contribution in [2.75, 3.05) is 0 Å². The molecule has 3 nitrogen and oxygen atoms in total. The van der Waals surface area contributed by atoms with Gasteiger partial charge in [0.15, 0.2) is 6.29 Å². The van der Waals surface area contributed by atoms with Gasteiger partial charge in [0, 0.05) is 0 Å². The predicted octanol–water partition coefficient (Wildman–Crippen LogP) is 4.35. The molecule has 26 heavy (non-hydrogen) atoms. The van der Waals surface area contributed by atoms with Gasteiger partial charge >= 0.3 is 0 Å². The molecule has 0 saturated carbocycles. The normalized spacial score (nSPS) is 38.2. The minimum Gasteiger partial charge on any atom is -0.389 e. The Balaban J connectivity index is 1.70. The maximum atomic E-state index is 10.0. The molecule has 0 heterocycles. The lowest BCUT2D eigenvalue weighted by molar-refractivity contribution is -0.0517. The Labute approximate surface area is 158 Å². The van der Waals surface area contributed by atoms with Crippen LogP contribution in [0.3, 0.4) is 0 Å². The number of rotatable bonds is 5. The second-order valence-electron chi connectivity index (χ2n) is 8.91. The van der Waals surface area contributed by atoms with Crippen molar-refractivity contribution in [1.82, 2.24) is 0 Å². The van der Waals surface area contributed by atoms with Gasteiger partial charge in [0.1, 0.15) is 0 Å². The maximum Gasteiger partial charge on any atom is 0.151 e. The molecule has 6 unspecified atom stereocenters. The van der Waals surface area contributed by atoms with Crippen molar-refractivity contribution in [3.63, 3.8) is 0 Å². The van der Waals surface area contributed by atoms with Crippen molar-refractivity contribution in [2.24, 2.45) is 29.6 Å². The number of hydrogen-bond donors (Lipinski definition) is 3. The van der Waals surface area contributed by atoms with Crippen molar-refractivity contribution >= 4 is 0 Å². The van der Waals surface area contributed by atoms with E-state index in [4.69, 9.17) is 0 Å². The summed E-state index contributed by atoms with van der Waals surface area (Å²) in [5, 5.41) is 28.5. The van der Waals surface area contributed by atoms with E-state index in [2.05, 4.69) is 32.1 Å². The highest BCUT2D eigenvalue weighted by molar-refractivity contribution is 5.19. The summed E-state index contributed by atoms with van der Waals surface area (Å²) < 4.78 is 0. The van der Waals surface area contributed by atoms with Crippen LogP contribution in [-0.4, -0.2) is 27.7 Å². The predicted molar refractivity (Wildman–Crippen MR) is 105 cm³/mol. The highest BCUT2D eigenvalue weighted by Crippen LogP contribution is 2.44. The molecule has 0 saturated heterocycles. The first kappa shape index (κ1) is 19.9. The van der Waals surface area contributed by atoms with E-state index < -0.39 is 6.29 Å². The van der Waals surface area contributed by atoms with Crippen molar-refractivity contribution in [2.45, 2.75) is 77.6 Å². The van der Waals surface area contributed by atoms with Gasteiger partial charge in [0.2, 0.25) is 0 Å². The smallest absolute Gasteiger partial charge is 0.151 e. The van der Waals surface area contributed by atoms with Crippen LogP contribution in [0.5, 0.6) is 0 Å². The van der Waals surface area contributed by atoms with Gasteiger partial charge in [0.25, 0.3) is 0 Å². The molecule has 3 rings (SSSR count). The van der Waals surface area contributed by atoms with Gasteiger partial charge in [-0.05, 0) is 94.8 Å². The first-order valence-electron chi connectivity index (χ1n) is 10.5. The van der Waals surface area contributed by atoms with Gasteiger partial charge < -0.3 is 15.3 Å². The molecule has 3 aliphatic carbocycles. The molecule has 0 fully saturated rings. The van der Waals surface area contributed by atoms with E-state index >= 15 is 0 Å². The first-order chi connectivity index (χ1) is 12.4.